The molecule has 0 aliphatic heterocycles. The van der Waals surface area contributed by atoms with Gasteiger partial charge in [0.25, 0.3) is 5.79 Å². The van der Waals surface area contributed by atoms with Gasteiger partial charge in [-0.25, -0.2) is 0 Å². The van der Waals surface area contributed by atoms with Crippen molar-refractivity contribution in [2.45, 2.75) is 98.7 Å². The van der Waals surface area contributed by atoms with E-state index in [9.17, 15) is 14.4 Å². The van der Waals surface area contributed by atoms with E-state index in [2.05, 4.69) is 26.8 Å². The topological polar surface area (TPSA) is 69.7 Å². The first-order chi connectivity index (χ1) is 15.5. The highest BCUT2D eigenvalue weighted by atomic mass is 16.7. The van der Waals surface area contributed by atoms with Gasteiger partial charge in [0.1, 0.15) is 5.78 Å². The van der Waals surface area contributed by atoms with Crippen molar-refractivity contribution >= 4 is 17.7 Å². The number of carbonyl (C=O) groups excluding carboxylic acids is 3. The highest BCUT2D eigenvalue weighted by Crippen LogP contribution is 2.66. The quantitative estimate of drug-likeness (QED) is 0.379. The average Bonchev–Trinajstić information content (AvgIpc) is 3.07. The van der Waals surface area contributed by atoms with Crippen LogP contribution in [-0.2, 0) is 23.9 Å². The molecule has 7 atom stereocenters. The Morgan fingerprint density at radius 2 is 1.73 bits per heavy atom. The summed E-state index contributed by atoms with van der Waals surface area (Å²) in [6.07, 6.45) is 10.9. The summed E-state index contributed by atoms with van der Waals surface area (Å²) in [4.78, 5) is 36.8. The van der Waals surface area contributed by atoms with Gasteiger partial charge in [-0.15, -0.1) is 0 Å². The lowest BCUT2D eigenvalue weighted by atomic mass is 9.47. The van der Waals surface area contributed by atoms with E-state index in [0.717, 1.165) is 37.7 Å². The van der Waals surface area contributed by atoms with Gasteiger partial charge >= 0.3 is 11.9 Å². The number of ketones is 1. The molecule has 2 saturated carbocycles. The predicted octanol–water partition coefficient (Wildman–Crippen LogP) is 5.92. The molecule has 0 N–H and O–H groups in total. The molecule has 182 valence electrons. The van der Waals surface area contributed by atoms with Gasteiger partial charge < -0.3 is 9.47 Å². The Bertz CT molecular complexity index is 915. The molecular formula is C28H40O5. The first kappa shape index (κ1) is 24.2. The van der Waals surface area contributed by atoms with Crippen LogP contribution in [0.25, 0.3) is 0 Å². The van der Waals surface area contributed by atoms with Gasteiger partial charge in [-0.05, 0) is 86.5 Å². The Balaban J connectivity index is 1.72. The molecule has 5 nitrogen and oxygen atoms in total. The van der Waals surface area contributed by atoms with Gasteiger partial charge in [-0.3, -0.25) is 14.4 Å². The Morgan fingerprint density at radius 3 is 2.36 bits per heavy atom. The molecule has 0 bridgehead atoms. The number of Topliss-reactive ketones (excluding diaryl/α,β-unsaturated/α-hetero) is 1. The fourth-order valence-corrected chi connectivity index (χ4v) is 8.06. The molecule has 0 amide bonds. The summed E-state index contributed by atoms with van der Waals surface area (Å²) < 4.78 is 11.5. The average molecular weight is 457 g/mol. The van der Waals surface area contributed by atoms with Gasteiger partial charge in [-0.2, -0.15) is 0 Å². The van der Waals surface area contributed by atoms with Crippen molar-refractivity contribution in [2.24, 2.45) is 34.5 Å². The summed E-state index contributed by atoms with van der Waals surface area (Å²) in [7, 11) is 0. The van der Waals surface area contributed by atoms with Crippen molar-refractivity contribution in [3.05, 3.63) is 23.3 Å². The van der Waals surface area contributed by atoms with E-state index in [-0.39, 0.29) is 22.7 Å². The molecule has 4 rings (SSSR count). The molecule has 0 aromatic carbocycles. The molecule has 0 spiro atoms. The summed E-state index contributed by atoms with van der Waals surface area (Å²) in [5.41, 5.74) is 2.38. The Labute approximate surface area is 198 Å². The van der Waals surface area contributed by atoms with E-state index in [1.807, 2.05) is 13.0 Å². The minimum atomic E-state index is -1.31. The minimum absolute atomic E-state index is 0.0556. The number of hydrogen-bond acceptors (Lipinski definition) is 5. The first-order valence-corrected chi connectivity index (χ1v) is 12.8. The number of fused-ring (bicyclic) bond motifs is 5. The molecule has 33 heavy (non-hydrogen) atoms. The maximum atomic E-state index is 12.4. The minimum Gasteiger partial charge on any atom is -0.419 e. The van der Waals surface area contributed by atoms with Crippen LogP contribution in [0.3, 0.4) is 0 Å². The SMILES string of the molecule is CCCC(=O)OC1(OC(C)=O)C=C2C(C)=C[C@H]3[C@@H]4CC[C@H](C(C)=O)[C@@]4(C)CC[C@@H]3[C@@]2(C)CC1. The zero-order valence-electron chi connectivity index (χ0n) is 21.2. The van der Waals surface area contributed by atoms with Crippen molar-refractivity contribution in [3.63, 3.8) is 0 Å². The van der Waals surface area contributed by atoms with Crippen LogP contribution in [0.15, 0.2) is 23.3 Å². The van der Waals surface area contributed by atoms with E-state index < -0.39 is 11.8 Å². The molecule has 4 aliphatic rings. The van der Waals surface area contributed by atoms with Crippen LogP contribution in [0, 0.1) is 34.5 Å². The molecule has 4 aliphatic carbocycles. The lowest BCUT2D eigenvalue weighted by Gasteiger charge is -2.58. The zero-order valence-corrected chi connectivity index (χ0v) is 21.2. The summed E-state index contributed by atoms with van der Waals surface area (Å²) >= 11 is 0. The summed E-state index contributed by atoms with van der Waals surface area (Å²) in [6, 6.07) is 0. The molecule has 2 fully saturated rings. The van der Waals surface area contributed by atoms with Crippen molar-refractivity contribution in [3.8, 4) is 0 Å². The standard InChI is InChI=1S/C28H40O5/c1-7-8-25(31)33-28(32-19(4)30)14-13-27(6)23-11-12-26(5)21(18(3)29)9-10-22(26)20(23)15-17(2)24(27)16-28/h15-16,20-23H,7-14H2,1-6H3/t20-,21+,22-,23-,26+,27+,28?/m0/s1. The van der Waals surface area contributed by atoms with E-state index in [1.54, 1.807) is 6.92 Å². The van der Waals surface area contributed by atoms with Crippen molar-refractivity contribution in [2.75, 3.05) is 0 Å². The number of carbonyl (C=O) groups is 3. The van der Waals surface area contributed by atoms with Crippen LogP contribution in [0.5, 0.6) is 0 Å². The van der Waals surface area contributed by atoms with E-state index in [4.69, 9.17) is 9.47 Å². The third-order valence-electron chi connectivity index (χ3n) is 9.54. The fourth-order valence-electron chi connectivity index (χ4n) is 8.06. The highest BCUT2D eigenvalue weighted by molar-refractivity contribution is 5.79. The monoisotopic (exact) mass is 456 g/mol. The number of hydrogen-bond donors (Lipinski definition) is 0. The van der Waals surface area contributed by atoms with E-state index >= 15 is 0 Å². The smallest absolute Gasteiger partial charge is 0.309 e. The zero-order chi connectivity index (χ0) is 24.2. The normalized spacial score (nSPS) is 41.6. The van der Waals surface area contributed by atoms with Crippen LogP contribution in [-0.4, -0.2) is 23.5 Å². The Hall–Kier alpha value is -1.91. The van der Waals surface area contributed by atoms with Crippen LogP contribution in [0.2, 0.25) is 0 Å². The predicted molar refractivity (Wildman–Crippen MR) is 126 cm³/mol. The second-order valence-electron chi connectivity index (χ2n) is 11.5. The second kappa shape index (κ2) is 8.39. The summed E-state index contributed by atoms with van der Waals surface area (Å²) in [5, 5.41) is 0. The molecule has 0 aromatic rings. The van der Waals surface area contributed by atoms with E-state index in [0.29, 0.717) is 42.8 Å². The second-order valence-corrected chi connectivity index (χ2v) is 11.5. The van der Waals surface area contributed by atoms with Gasteiger partial charge in [0.05, 0.1) is 0 Å². The molecular weight excluding hydrogens is 416 g/mol. The van der Waals surface area contributed by atoms with Gasteiger partial charge in [-0.1, -0.05) is 32.4 Å². The number of rotatable bonds is 5. The van der Waals surface area contributed by atoms with Crippen molar-refractivity contribution < 1.29 is 23.9 Å². The lowest BCUT2D eigenvalue weighted by molar-refractivity contribution is -0.217. The first-order valence-electron chi connectivity index (χ1n) is 12.8. The summed E-state index contributed by atoms with van der Waals surface area (Å²) in [5.74, 6) is -0.0835. The van der Waals surface area contributed by atoms with Crippen LogP contribution < -0.4 is 0 Å². The van der Waals surface area contributed by atoms with Crippen LogP contribution in [0.1, 0.15) is 92.9 Å². The maximum Gasteiger partial charge on any atom is 0.309 e. The number of esters is 2. The fraction of sp³-hybridized carbons (Fsp3) is 0.750. The van der Waals surface area contributed by atoms with Crippen LogP contribution >= 0.6 is 0 Å². The van der Waals surface area contributed by atoms with Crippen LogP contribution in [0.4, 0.5) is 0 Å². The lowest BCUT2D eigenvalue weighted by Crippen LogP contribution is -2.52. The third-order valence-corrected chi connectivity index (χ3v) is 9.54. The molecule has 5 heteroatoms. The third kappa shape index (κ3) is 3.89. The highest BCUT2D eigenvalue weighted by Gasteiger charge is 2.60. The van der Waals surface area contributed by atoms with E-state index in [1.165, 1.54) is 12.5 Å². The van der Waals surface area contributed by atoms with Gasteiger partial charge in [0.15, 0.2) is 0 Å². The molecule has 0 saturated heterocycles. The van der Waals surface area contributed by atoms with Crippen molar-refractivity contribution in [1.29, 1.82) is 0 Å². The molecule has 0 aromatic heterocycles. The maximum absolute atomic E-state index is 12.4. The Kier molecular flexibility index (Phi) is 6.16. The Morgan fingerprint density at radius 1 is 1.00 bits per heavy atom. The van der Waals surface area contributed by atoms with Crippen molar-refractivity contribution in [1.82, 2.24) is 0 Å². The molecule has 1 unspecified atom stereocenters. The van der Waals surface area contributed by atoms with Gasteiger partial charge in [0, 0.05) is 31.8 Å². The largest absolute Gasteiger partial charge is 0.419 e. The molecule has 0 radical (unpaired) electrons. The van der Waals surface area contributed by atoms with Gasteiger partial charge in [0.2, 0.25) is 0 Å². The molecule has 0 heterocycles. The number of ether oxygens (including phenoxy) is 2. The summed E-state index contributed by atoms with van der Waals surface area (Å²) in [6.45, 7) is 11.9. The number of allylic oxidation sites excluding steroid dienone is 3.